The number of carbonyl (C=O) groups is 1. The van der Waals surface area contributed by atoms with Gasteiger partial charge in [-0.15, -0.1) is 0 Å². The summed E-state index contributed by atoms with van der Waals surface area (Å²) in [5, 5.41) is 30.5. The minimum Gasteiger partial charge on any atom is -0.459 e. The van der Waals surface area contributed by atoms with Gasteiger partial charge in [-0.2, -0.15) is 0 Å². The van der Waals surface area contributed by atoms with E-state index in [2.05, 4.69) is 13.5 Å². The Morgan fingerprint density at radius 3 is 1.81 bits per heavy atom. The van der Waals surface area contributed by atoms with Crippen LogP contribution in [0.1, 0.15) is 46.0 Å². The van der Waals surface area contributed by atoms with Gasteiger partial charge in [-0.1, -0.05) is 33.3 Å². The van der Waals surface area contributed by atoms with Gasteiger partial charge in [0.15, 0.2) is 0 Å². The third kappa shape index (κ3) is 28.1. The van der Waals surface area contributed by atoms with Crippen molar-refractivity contribution in [1.29, 1.82) is 0 Å². The van der Waals surface area contributed by atoms with Crippen molar-refractivity contribution in [1.82, 2.24) is 0 Å². The van der Waals surface area contributed by atoms with E-state index in [0.717, 1.165) is 19.3 Å². The van der Waals surface area contributed by atoms with Crippen LogP contribution in [-0.4, -0.2) is 58.9 Å². The molecule has 21 heavy (non-hydrogen) atoms. The van der Waals surface area contributed by atoms with Gasteiger partial charge < -0.3 is 25.2 Å². The number of carbonyl (C=O) groups excluding carboxylic acids is 1. The van der Waals surface area contributed by atoms with Gasteiger partial charge in [0.1, 0.15) is 6.10 Å². The molecule has 1 atom stereocenters. The van der Waals surface area contributed by atoms with Crippen LogP contribution in [0.5, 0.6) is 0 Å². The van der Waals surface area contributed by atoms with Crippen LogP contribution >= 0.6 is 0 Å². The largest absolute Gasteiger partial charge is 0.459 e. The summed E-state index contributed by atoms with van der Waals surface area (Å²) in [6.45, 7) is 7.07. The summed E-state index contributed by atoms with van der Waals surface area (Å²) in [5.74, 6) is -0.302. The number of hydrogen-bond acceptors (Lipinski definition) is 6. The fourth-order valence-corrected chi connectivity index (χ4v) is 1.18. The molecule has 0 radical (unpaired) electrons. The molecule has 0 saturated carbocycles. The molecule has 0 aliphatic rings. The molecular weight excluding hydrogens is 276 g/mol. The number of rotatable bonds is 9. The van der Waals surface area contributed by atoms with E-state index >= 15 is 0 Å². The summed E-state index contributed by atoms with van der Waals surface area (Å²) < 4.78 is 5.14. The van der Waals surface area contributed by atoms with Crippen molar-refractivity contribution in [3.05, 3.63) is 12.7 Å². The zero-order chi connectivity index (χ0) is 16.9. The Bertz CT molecular complexity index is 200. The molecule has 6 heteroatoms. The first-order chi connectivity index (χ1) is 10.1. The molecule has 4 N–H and O–H groups in total. The van der Waals surface area contributed by atoms with E-state index in [-0.39, 0.29) is 38.5 Å². The molecule has 0 fully saturated rings. The first kappa shape index (κ1) is 25.0. The molecule has 0 bridgehead atoms. The molecule has 0 rings (SSSR count). The average Bonchev–Trinajstić information content (AvgIpc) is 2.54. The Kier molecular flexibility index (Phi) is 28.7. The zero-order valence-electron chi connectivity index (χ0n) is 13.3. The molecule has 128 valence electrons. The van der Waals surface area contributed by atoms with Crippen LogP contribution in [0.3, 0.4) is 0 Å². The molecule has 0 aliphatic heterocycles. The molecule has 6 nitrogen and oxygen atoms in total. The van der Waals surface area contributed by atoms with E-state index in [0.29, 0.717) is 0 Å². The second-order valence-corrected chi connectivity index (χ2v) is 4.06. The summed E-state index contributed by atoms with van der Waals surface area (Å²) in [6.07, 6.45) is 6.72. The third-order valence-corrected chi connectivity index (χ3v) is 2.23. The van der Waals surface area contributed by atoms with E-state index in [1.807, 2.05) is 6.92 Å². The van der Waals surface area contributed by atoms with Crippen molar-refractivity contribution in [2.45, 2.75) is 52.1 Å². The molecule has 0 amide bonds. The summed E-state index contributed by atoms with van der Waals surface area (Å²) in [5.41, 5.74) is 0. The highest BCUT2D eigenvalue weighted by atomic mass is 16.5. The standard InChI is InChI=1S/C11H20O2.2C2H6O2/c1-4-7-8-9-10(5-2)13-11(12)6-3;2*3-1-2-4/h6,10H,3-5,7-9H2,1-2H3;2*3-4H,1-2H2. The smallest absolute Gasteiger partial charge is 0.330 e. The van der Waals surface area contributed by atoms with Gasteiger partial charge in [0.25, 0.3) is 0 Å². The van der Waals surface area contributed by atoms with Crippen LogP contribution in [0.2, 0.25) is 0 Å². The average molecular weight is 308 g/mol. The highest BCUT2D eigenvalue weighted by molar-refractivity contribution is 5.81. The predicted octanol–water partition coefficient (Wildman–Crippen LogP) is 1.02. The molecule has 0 aliphatic carbocycles. The lowest BCUT2D eigenvalue weighted by molar-refractivity contribution is -0.143. The molecule has 0 aromatic carbocycles. The first-order valence-corrected chi connectivity index (χ1v) is 7.34. The molecule has 0 spiro atoms. The van der Waals surface area contributed by atoms with Gasteiger partial charge >= 0.3 is 5.97 Å². The van der Waals surface area contributed by atoms with Crippen LogP contribution < -0.4 is 0 Å². The number of aliphatic hydroxyl groups is 4. The molecule has 0 saturated heterocycles. The van der Waals surface area contributed by atoms with Gasteiger partial charge in [0.05, 0.1) is 26.4 Å². The van der Waals surface area contributed by atoms with E-state index in [1.54, 1.807) is 0 Å². The van der Waals surface area contributed by atoms with Crippen molar-refractivity contribution in [3.8, 4) is 0 Å². The Hall–Kier alpha value is -0.950. The number of aliphatic hydroxyl groups excluding tert-OH is 4. The SMILES string of the molecule is C=CC(=O)OC(CC)CCCCC.OCCO.OCCO. The van der Waals surface area contributed by atoms with Crippen molar-refractivity contribution < 1.29 is 30.0 Å². The highest BCUT2D eigenvalue weighted by Gasteiger charge is 2.08. The fraction of sp³-hybridized carbons (Fsp3) is 0.800. The minimum absolute atomic E-state index is 0.0806. The lowest BCUT2D eigenvalue weighted by Gasteiger charge is -2.14. The maximum atomic E-state index is 10.9. The van der Waals surface area contributed by atoms with Crippen LogP contribution in [0.25, 0.3) is 0 Å². The van der Waals surface area contributed by atoms with Gasteiger partial charge in [-0.3, -0.25) is 0 Å². The minimum atomic E-state index is -0.302. The van der Waals surface area contributed by atoms with Crippen molar-refractivity contribution in [2.24, 2.45) is 0 Å². The fourth-order valence-electron chi connectivity index (χ4n) is 1.18. The highest BCUT2D eigenvalue weighted by Crippen LogP contribution is 2.10. The van der Waals surface area contributed by atoms with Crippen molar-refractivity contribution in [2.75, 3.05) is 26.4 Å². The van der Waals surface area contributed by atoms with E-state index in [1.165, 1.54) is 18.9 Å². The monoisotopic (exact) mass is 308 g/mol. The maximum Gasteiger partial charge on any atom is 0.330 e. The van der Waals surface area contributed by atoms with E-state index in [9.17, 15) is 4.79 Å². The summed E-state index contributed by atoms with van der Waals surface area (Å²) in [4.78, 5) is 10.9. The summed E-state index contributed by atoms with van der Waals surface area (Å²) >= 11 is 0. The maximum absolute atomic E-state index is 10.9. The number of unbranched alkanes of at least 4 members (excludes halogenated alkanes) is 2. The molecule has 0 heterocycles. The lowest BCUT2D eigenvalue weighted by atomic mass is 10.1. The van der Waals surface area contributed by atoms with Crippen molar-refractivity contribution >= 4 is 5.97 Å². The number of esters is 1. The number of hydrogen-bond donors (Lipinski definition) is 4. The summed E-state index contributed by atoms with van der Waals surface area (Å²) in [7, 11) is 0. The lowest BCUT2D eigenvalue weighted by Crippen LogP contribution is -2.15. The predicted molar refractivity (Wildman–Crippen MR) is 82.9 cm³/mol. The Morgan fingerprint density at radius 1 is 1.05 bits per heavy atom. The summed E-state index contributed by atoms with van der Waals surface area (Å²) in [6, 6.07) is 0. The van der Waals surface area contributed by atoms with Crippen LogP contribution in [0.15, 0.2) is 12.7 Å². The Morgan fingerprint density at radius 2 is 1.52 bits per heavy atom. The second kappa shape index (κ2) is 24.1. The van der Waals surface area contributed by atoms with E-state index < -0.39 is 0 Å². The van der Waals surface area contributed by atoms with Gasteiger partial charge in [-0.05, 0) is 19.3 Å². The van der Waals surface area contributed by atoms with Crippen LogP contribution in [0.4, 0.5) is 0 Å². The van der Waals surface area contributed by atoms with Gasteiger partial charge in [-0.25, -0.2) is 4.79 Å². The zero-order valence-corrected chi connectivity index (χ0v) is 13.3. The van der Waals surface area contributed by atoms with Gasteiger partial charge in [0, 0.05) is 6.08 Å². The molecular formula is C15H32O6. The quantitative estimate of drug-likeness (QED) is 0.288. The Balaban J connectivity index is -0.000000334. The Labute approximate surface area is 128 Å². The van der Waals surface area contributed by atoms with Crippen LogP contribution in [-0.2, 0) is 9.53 Å². The normalized spacial score (nSPS) is 10.4. The molecule has 1 unspecified atom stereocenters. The van der Waals surface area contributed by atoms with Crippen molar-refractivity contribution in [3.63, 3.8) is 0 Å². The topological polar surface area (TPSA) is 107 Å². The van der Waals surface area contributed by atoms with Gasteiger partial charge in [0.2, 0.25) is 0 Å². The van der Waals surface area contributed by atoms with E-state index in [4.69, 9.17) is 25.2 Å². The van der Waals surface area contributed by atoms with Crippen LogP contribution in [0, 0.1) is 0 Å². The third-order valence-electron chi connectivity index (χ3n) is 2.23. The molecule has 0 aromatic rings. The molecule has 0 aromatic heterocycles. The first-order valence-electron chi connectivity index (χ1n) is 7.34. The second-order valence-electron chi connectivity index (χ2n) is 4.06. The number of ether oxygens (including phenoxy) is 1.